The highest BCUT2D eigenvalue weighted by Crippen LogP contribution is 2.30. The molecular weight excluding hydrogens is 309 g/mol. The minimum Gasteiger partial charge on any atom is -0.497 e. The van der Waals surface area contributed by atoms with Gasteiger partial charge in [0.25, 0.3) is 0 Å². The molecule has 122 valence electrons. The molecule has 0 unspecified atom stereocenters. The summed E-state index contributed by atoms with van der Waals surface area (Å²) in [5.41, 5.74) is 1.73. The minimum atomic E-state index is -0.431. The lowest BCUT2D eigenvalue weighted by Crippen LogP contribution is -1.92. The van der Waals surface area contributed by atoms with E-state index in [1.54, 1.807) is 27.2 Å². The van der Waals surface area contributed by atoms with Crippen LogP contribution >= 0.6 is 0 Å². The lowest BCUT2D eigenvalue weighted by molar-refractivity contribution is 0.391. The van der Waals surface area contributed by atoms with Crippen molar-refractivity contribution in [2.45, 2.75) is 13.5 Å². The Morgan fingerprint density at radius 1 is 1.21 bits per heavy atom. The lowest BCUT2D eigenvalue weighted by Gasteiger charge is -2.07. The Morgan fingerprint density at radius 3 is 2.67 bits per heavy atom. The van der Waals surface area contributed by atoms with Gasteiger partial charge in [-0.15, -0.1) is 0 Å². The summed E-state index contributed by atoms with van der Waals surface area (Å²) >= 11 is 0. The monoisotopic (exact) mass is 325 g/mol. The SMILES string of the molecule is [C-]#[N+]c1cc(F)c(C)cc1N=C=NCc1ccc(OC)cc1OC. The van der Waals surface area contributed by atoms with E-state index in [0.717, 1.165) is 11.6 Å². The standard InChI is InChI=1S/C18H16FN3O2/c1-12-7-17(16(20-2)9-15(12)19)22-11-21-10-13-5-6-14(23-3)8-18(13)24-4/h5-9H,10H2,1,3-4H3. The fraction of sp³-hybridized carbons (Fsp3) is 0.222. The van der Waals surface area contributed by atoms with Crippen LogP contribution in [0.1, 0.15) is 11.1 Å². The zero-order valence-electron chi connectivity index (χ0n) is 13.6. The number of benzene rings is 2. The van der Waals surface area contributed by atoms with E-state index in [0.29, 0.717) is 29.3 Å². The second kappa shape index (κ2) is 7.91. The van der Waals surface area contributed by atoms with E-state index >= 15 is 0 Å². The van der Waals surface area contributed by atoms with Crippen molar-refractivity contribution in [3.63, 3.8) is 0 Å². The Kier molecular flexibility index (Phi) is 5.67. The number of halogens is 1. The first kappa shape index (κ1) is 17.2. The van der Waals surface area contributed by atoms with E-state index in [2.05, 4.69) is 20.8 Å². The molecule has 0 saturated carbocycles. The predicted octanol–water partition coefficient (Wildman–Crippen LogP) is 4.71. The fourth-order valence-corrected chi connectivity index (χ4v) is 2.03. The lowest BCUT2D eigenvalue weighted by atomic mass is 10.2. The van der Waals surface area contributed by atoms with Gasteiger partial charge < -0.3 is 9.47 Å². The highest BCUT2D eigenvalue weighted by molar-refractivity contribution is 5.70. The van der Waals surface area contributed by atoms with Gasteiger partial charge in [0.15, 0.2) is 0 Å². The zero-order valence-corrected chi connectivity index (χ0v) is 13.6. The summed E-state index contributed by atoms with van der Waals surface area (Å²) in [5, 5.41) is 0. The number of ether oxygens (including phenoxy) is 2. The van der Waals surface area contributed by atoms with Crippen LogP contribution in [0.25, 0.3) is 4.85 Å². The Morgan fingerprint density at radius 2 is 2.00 bits per heavy atom. The summed E-state index contributed by atoms with van der Waals surface area (Å²) < 4.78 is 23.9. The fourth-order valence-electron chi connectivity index (χ4n) is 2.03. The van der Waals surface area contributed by atoms with Gasteiger partial charge in [0.2, 0.25) is 5.69 Å². The van der Waals surface area contributed by atoms with Crippen molar-refractivity contribution in [3.8, 4) is 11.5 Å². The van der Waals surface area contributed by atoms with Gasteiger partial charge in [0.05, 0.1) is 39.0 Å². The molecule has 24 heavy (non-hydrogen) atoms. The van der Waals surface area contributed by atoms with Crippen molar-refractivity contribution in [1.29, 1.82) is 0 Å². The van der Waals surface area contributed by atoms with Gasteiger partial charge >= 0.3 is 0 Å². The highest BCUT2D eigenvalue weighted by Gasteiger charge is 2.06. The number of methoxy groups -OCH3 is 2. The van der Waals surface area contributed by atoms with Crippen LogP contribution in [0.5, 0.6) is 11.5 Å². The second-order valence-electron chi connectivity index (χ2n) is 4.91. The predicted molar refractivity (Wildman–Crippen MR) is 90.2 cm³/mol. The molecule has 0 aromatic heterocycles. The molecule has 0 heterocycles. The Bertz CT molecular complexity index is 850. The third-order valence-corrected chi connectivity index (χ3v) is 3.36. The first-order valence-electron chi connectivity index (χ1n) is 7.09. The minimum absolute atomic E-state index is 0.128. The summed E-state index contributed by atoms with van der Waals surface area (Å²) in [6.07, 6.45) is 0. The molecule has 0 atom stereocenters. The first-order chi connectivity index (χ1) is 11.6. The summed E-state index contributed by atoms with van der Waals surface area (Å²) in [6.45, 7) is 8.99. The van der Waals surface area contributed by atoms with Crippen molar-refractivity contribution in [2.75, 3.05) is 14.2 Å². The Labute approximate surface area is 139 Å². The number of aryl methyl sites for hydroxylation is 1. The van der Waals surface area contributed by atoms with Gasteiger partial charge in [-0.25, -0.2) is 14.2 Å². The third-order valence-electron chi connectivity index (χ3n) is 3.36. The molecule has 2 rings (SSSR count). The molecule has 0 amide bonds. The van der Waals surface area contributed by atoms with Crippen LogP contribution in [0.3, 0.4) is 0 Å². The molecule has 5 nitrogen and oxygen atoms in total. The number of rotatable bonds is 5. The van der Waals surface area contributed by atoms with Gasteiger partial charge in [-0.3, -0.25) is 0 Å². The largest absolute Gasteiger partial charge is 0.497 e. The van der Waals surface area contributed by atoms with Crippen LogP contribution < -0.4 is 9.47 Å². The normalized spacial score (nSPS) is 9.62. The molecule has 0 spiro atoms. The van der Waals surface area contributed by atoms with Crippen LogP contribution in [-0.4, -0.2) is 20.2 Å². The molecule has 0 aliphatic rings. The van der Waals surface area contributed by atoms with Gasteiger partial charge in [-0.2, -0.15) is 4.99 Å². The van der Waals surface area contributed by atoms with Gasteiger partial charge in [-0.05, 0) is 36.8 Å². The summed E-state index contributed by atoms with van der Waals surface area (Å²) in [6, 6.07) is 10.6. The van der Waals surface area contributed by atoms with Gasteiger partial charge in [0, 0.05) is 11.6 Å². The van der Waals surface area contributed by atoms with Crippen LogP contribution in [-0.2, 0) is 6.54 Å². The van der Waals surface area contributed by atoms with Crippen molar-refractivity contribution in [3.05, 3.63) is 58.7 Å². The average Bonchev–Trinajstić information content (AvgIpc) is 2.61. The van der Waals surface area contributed by atoms with Crippen LogP contribution in [0, 0.1) is 19.3 Å². The highest BCUT2D eigenvalue weighted by atomic mass is 19.1. The summed E-state index contributed by atoms with van der Waals surface area (Å²) in [5.74, 6) is 0.913. The number of hydrogen-bond acceptors (Lipinski definition) is 4. The molecule has 0 aliphatic carbocycles. The number of aliphatic imine (C=N–C) groups is 2. The summed E-state index contributed by atoms with van der Waals surface area (Å²) in [7, 11) is 3.15. The Balaban J connectivity index is 2.22. The molecule has 0 aliphatic heterocycles. The molecule has 6 heteroatoms. The molecule has 2 aromatic rings. The maximum atomic E-state index is 13.4. The molecule has 0 radical (unpaired) electrons. The van der Waals surface area contributed by atoms with Crippen molar-refractivity contribution >= 4 is 17.4 Å². The van der Waals surface area contributed by atoms with E-state index in [1.807, 2.05) is 12.1 Å². The third kappa shape index (κ3) is 3.97. The Hall–Kier alpha value is -3.16. The second-order valence-corrected chi connectivity index (χ2v) is 4.91. The average molecular weight is 325 g/mol. The topological polar surface area (TPSA) is 47.5 Å². The van der Waals surface area contributed by atoms with Crippen LogP contribution in [0.4, 0.5) is 15.8 Å². The van der Waals surface area contributed by atoms with Crippen LogP contribution in [0.15, 0.2) is 40.3 Å². The molecular formula is C18H16FN3O2. The molecule has 0 fully saturated rings. The quantitative estimate of drug-likeness (QED) is 0.590. The molecule has 0 N–H and O–H groups in total. The number of hydrogen-bond donors (Lipinski definition) is 0. The smallest absolute Gasteiger partial charge is 0.215 e. The van der Waals surface area contributed by atoms with Gasteiger partial charge in [0.1, 0.15) is 17.3 Å². The van der Waals surface area contributed by atoms with Crippen molar-refractivity contribution in [1.82, 2.24) is 0 Å². The first-order valence-corrected chi connectivity index (χ1v) is 7.09. The summed E-state index contributed by atoms with van der Waals surface area (Å²) in [4.78, 5) is 11.4. The van der Waals surface area contributed by atoms with Crippen molar-refractivity contribution < 1.29 is 13.9 Å². The number of nitrogens with zero attached hydrogens (tertiary/aromatic N) is 3. The van der Waals surface area contributed by atoms with E-state index in [-0.39, 0.29) is 5.69 Å². The molecule has 0 bridgehead atoms. The van der Waals surface area contributed by atoms with Crippen molar-refractivity contribution in [2.24, 2.45) is 9.98 Å². The molecule has 0 saturated heterocycles. The van der Waals surface area contributed by atoms with E-state index in [1.165, 1.54) is 6.07 Å². The van der Waals surface area contributed by atoms with Gasteiger partial charge in [-0.1, -0.05) is 0 Å². The van der Waals surface area contributed by atoms with Crippen LogP contribution in [0.2, 0.25) is 0 Å². The maximum absolute atomic E-state index is 13.4. The van der Waals surface area contributed by atoms with E-state index in [9.17, 15) is 4.39 Å². The van der Waals surface area contributed by atoms with E-state index in [4.69, 9.17) is 16.0 Å². The zero-order chi connectivity index (χ0) is 17.5. The van der Waals surface area contributed by atoms with E-state index < -0.39 is 5.82 Å². The maximum Gasteiger partial charge on any atom is 0.215 e. The molecule has 2 aromatic carbocycles.